The fourth-order valence-electron chi connectivity index (χ4n) is 2.16. The number of rotatable bonds is 3. The Kier molecular flexibility index (Phi) is 2.75. The van der Waals surface area contributed by atoms with Crippen LogP contribution in [0.2, 0.25) is 0 Å². The Morgan fingerprint density at radius 2 is 2.20 bits per heavy atom. The molecule has 15 heavy (non-hydrogen) atoms. The zero-order chi connectivity index (χ0) is 11.1. The molecule has 0 saturated carbocycles. The summed E-state index contributed by atoms with van der Waals surface area (Å²) in [5.74, 6) is -0.0776. The summed E-state index contributed by atoms with van der Waals surface area (Å²) < 4.78 is 11.2. The maximum atomic E-state index is 11.9. The zero-order valence-electron chi connectivity index (χ0n) is 9.79. The average Bonchev–Trinajstić information content (AvgIpc) is 2.79. The summed E-state index contributed by atoms with van der Waals surface area (Å²) >= 11 is 0. The number of hydrogen-bond donors (Lipinski definition) is 0. The summed E-state index contributed by atoms with van der Waals surface area (Å²) in [5, 5.41) is 0. The van der Waals surface area contributed by atoms with Crippen molar-refractivity contribution >= 4 is 5.97 Å². The Bertz CT molecular complexity index is 260. The molecule has 0 radical (unpaired) electrons. The molecular formula is C12H20O3. The molecule has 2 aliphatic rings. The highest BCUT2D eigenvalue weighted by atomic mass is 16.6. The molecule has 2 fully saturated rings. The molecule has 0 amide bonds. The summed E-state index contributed by atoms with van der Waals surface area (Å²) in [5.41, 5.74) is -0.359. The molecule has 3 heteroatoms. The van der Waals surface area contributed by atoms with E-state index in [1.54, 1.807) is 0 Å². The Balaban J connectivity index is 1.90. The van der Waals surface area contributed by atoms with Gasteiger partial charge < -0.3 is 9.47 Å². The van der Waals surface area contributed by atoms with E-state index in [9.17, 15) is 4.79 Å². The third kappa shape index (κ3) is 2.03. The van der Waals surface area contributed by atoms with E-state index >= 15 is 0 Å². The topological polar surface area (TPSA) is 35.5 Å². The van der Waals surface area contributed by atoms with E-state index in [1.165, 1.54) is 0 Å². The fraction of sp³-hybridized carbons (Fsp3) is 0.917. The van der Waals surface area contributed by atoms with E-state index in [4.69, 9.17) is 9.47 Å². The van der Waals surface area contributed by atoms with Gasteiger partial charge in [-0.3, -0.25) is 4.79 Å². The minimum atomic E-state index is -0.359. The van der Waals surface area contributed by atoms with Crippen molar-refractivity contribution in [1.82, 2.24) is 0 Å². The molecule has 0 aliphatic carbocycles. The van der Waals surface area contributed by atoms with Gasteiger partial charge in [-0.05, 0) is 33.1 Å². The van der Waals surface area contributed by atoms with Gasteiger partial charge in [0.25, 0.3) is 0 Å². The smallest absolute Gasteiger partial charge is 0.311 e. The first kappa shape index (κ1) is 10.9. The van der Waals surface area contributed by atoms with Crippen LogP contribution in [0.3, 0.4) is 0 Å². The van der Waals surface area contributed by atoms with Crippen LogP contribution >= 0.6 is 0 Å². The average molecular weight is 212 g/mol. The van der Waals surface area contributed by atoms with Crippen molar-refractivity contribution in [2.75, 3.05) is 0 Å². The largest absolute Gasteiger partial charge is 0.459 e. The van der Waals surface area contributed by atoms with Crippen molar-refractivity contribution in [2.45, 2.75) is 64.8 Å². The molecule has 2 rings (SSSR count). The van der Waals surface area contributed by atoms with E-state index in [-0.39, 0.29) is 23.6 Å². The predicted molar refractivity (Wildman–Crippen MR) is 56.5 cm³/mol. The molecule has 3 atom stereocenters. The van der Waals surface area contributed by atoms with Crippen molar-refractivity contribution in [3.8, 4) is 0 Å². The normalized spacial score (nSPS) is 34.5. The molecule has 3 unspecified atom stereocenters. The Morgan fingerprint density at radius 1 is 1.47 bits per heavy atom. The Morgan fingerprint density at radius 3 is 2.67 bits per heavy atom. The van der Waals surface area contributed by atoms with Gasteiger partial charge in [0.1, 0.15) is 6.10 Å². The molecule has 86 valence electrons. The second kappa shape index (κ2) is 3.78. The SMILES string of the molecule is CCC(C)(C)C(=O)OC1CC2CCC1O2. The summed E-state index contributed by atoms with van der Waals surface area (Å²) in [4.78, 5) is 11.9. The second-order valence-corrected chi connectivity index (χ2v) is 5.29. The number of fused-ring (bicyclic) bond motifs is 2. The second-order valence-electron chi connectivity index (χ2n) is 5.29. The van der Waals surface area contributed by atoms with Crippen LogP contribution in [0.1, 0.15) is 46.5 Å². The molecule has 2 saturated heterocycles. The van der Waals surface area contributed by atoms with Crippen LogP contribution in [0.25, 0.3) is 0 Å². The predicted octanol–water partition coefficient (Wildman–Crippen LogP) is 2.29. The van der Waals surface area contributed by atoms with E-state index in [0.717, 1.165) is 25.7 Å². The van der Waals surface area contributed by atoms with Crippen LogP contribution in [0.15, 0.2) is 0 Å². The Labute approximate surface area is 91.1 Å². The van der Waals surface area contributed by atoms with Crippen molar-refractivity contribution in [3.63, 3.8) is 0 Å². The number of ether oxygens (including phenoxy) is 2. The highest BCUT2D eigenvalue weighted by Gasteiger charge is 2.44. The standard InChI is InChI=1S/C12H20O3/c1-4-12(2,3)11(13)15-10-7-8-5-6-9(10)14-8/h8-10H,4-7H2,1-3H3. The van der Waals surface area contributed by atoms with Crippen LogP contribution in [0, 0.1) is 5.41 Å². The maximum absolute atomic E-state index is 11.9. The zero-order valence-corrected chi connectivity index (χ0v) is 9.79. The van der Waals surface area contributed by atoms with Crippen LogP contribution in [0.5, 0.6) is 0 Å². The van der Waals surface area contributed by atoms with Gasteiger partial charge >= 0.3 is 5.97 Å². The number of carbonyl (C=O) groups excluding carboxylic acids is 1. The van der Waals surface area contributed by atoms with Gasteiger partial charge in [0, 0.05) is 6.42 Å². The van der Waals surface area contributed by atoms with E-state index in [1.807, 2.05) is 20.8 Å². The molecule has 0 N–H and O–H groups in total. The molecule has 3 nitrogen and oxygen atoms in total. The summed E-state index contributed by atoms with van der Waals surface area (Å²) in [6.07, 6.45) is 4.43. The van der Waals surface area contributed by atoms with Crippen molar-refractivity contribution in [2.24, 2.45) is 5.41 Å². The molecule has 0 aromatic heterocycles. The minimum absolute atomic E-state index is 0.0158. The van der Waals surface area contributed by atoms with E-state index in [0.29, 0.717) is 6.10 Å². The first-order valence-corrected chi connectivity index (χ1v) is 5.89. The summed E-state index contributed by atoms with van der Waals surface area (Å²) in [6.45, 7) is 5.88. The maximum Gasteiger partial charge on any atom is 0.311 e. The van der Waals surface area contributed by atoms with Crippen molar-refractivity contribution < 1.29 is 14.3 Å². The highest BCUT2D eigenvalue weighted by Crippen LogP contribution is 2.37. The highest BCUT2D eigenvalue weighted by molar-refractivity contribution is 5.76. The van der Waals surface area contributed by atoms with Gasteiger partial charge in [-0.25, -0.2) is 0 Å². The lowest BCUT2D eigenvalue weighted by molar-refractivity contribution is -0.162. The third-order valence-corrected chi connectivity index (χ3v) is 3.75. The van der Waals surface area contributed by atoms with E-state index < -0.39 is 0 Å². The van der Waals surface area contributed by atoms with Gasteiger partial charge in [-0.15, -0.1) is 0 Å². The molecule has 2 bridgehead atoms. The third-order valence-electron chi connectivity index (χ3n) is 3.75. The Hall–Kier alpha value is -0.570. The molecule has 0 aromatic rings. The molecule has 2 heterocycles. The quantitative estimate of drug-likeness (QED) is 0.673. The van der Waals surface area contributed by atoms with Crippen LogP contribution in [-0.4, -0.2) is 24.3 Å². The molecular weight excluding hydrogens is 192 g/mol. The fourth-order valence-corrected chi connectivity index (χ4v) is 2.16. The van der Waals surface area contributed by atoms with Gasteiger partial charge in [0.05, 0.1) is 17.6 Å². The van der Waals surface area contributed by atoms with Gasteiger partial charge in [-0.1, -0.05) is 6.92 Å². The van der Waals surface area contributed by atoms with Crippen LogP contribution < -0.4 is 0 Å². The van der Waals surface area contributed by atoms with Crippen molar-refractivity contribution in [1.29, 1.82) is 0 Å². The molecule has 0 spiro atoms. The van der Waals surface area contributed by atoms with Gasteiger partial charge in [0.15, 0.2) is 0 Å². The lowest BCUT2D eigenvalue weighted by Gasteiger charge is -2.26. The minimum Gasteiger partial charge on any atom is -0.459 e. The number of esters is 1. The monoisotopic (exact) mass is 212 g/mol. The lowest BCUT2D eigenvalue weighted by Crippen LogP contribution is -2.34. The molecule has 2 aliphatic heterocycles. The van der Waals surface area contributed by atoms with Crippen LogP contribution in [0.4, 0.5) is 0 Å². The van der Waals surface area contributed by atoms with E-state index in [2.05, 4.69) is 0 Å². The summed E-state index contributed by atoms with van der Waals surface area (Å²) in [6, 6.07) is 0. The van der Waals surface area contributed by atoms with Gasteiger partial charge in [0.2, 0.25) is 0 Å². The number of hydrogen-bond acceptors (Lipinski definition) is 3. The van der Waals surface area contributed by atoms with Gasteiger partial charge in [-0.2, -0.15) is 0 Å². The number of carbonyl (C=O) groups is 1. The lowest BCUT2D eigenvalue weighted by atomic mass is 9.90. The van der Waals surface area contributed by atoms with Crippen molar-refractivity contribution in [3.05, 3.63) is 0 Å². The molecule has 0 aromatic carbocycles. The van der Waals surface area contributed by atoms with Crippen LogP contribution in [-0.2, 0) is 14.3 Å². The first-order chi connectivity index (χ1) is 7.03. The summed E-state index contributed by atoms with van der Waals surface area (Å²) in [7, 11) is 0. The first-order valence-electron chi connectivity index (χ1n) is 5.89.